The predicted molar refractivity (Wildman–Crippen MR) is 155 cm³/mol. The van der Waals surface area contributed by atoms with Gasteiger partial charge in [-0.2, -0.15) is 0 Å². The van der Waals surface area contributed by atoms with Crippen LogP contribution in [0.3, 0.4) is 0 Å². The van der Waals surface area contributed by atoms with Gasteiger partial charge in [-0.1, -0.05) is 23.8 Å². The van der Waals surface area contributed by atoms with Crippen molar-refractivity contribution in [2.45, 2.75) is 34.8 Å². The first-order valence-electron chi connectivity index (χ1n) is 12.8. The SMILES string of the molecule is O=C(Nc1ccc(F)c(NC(=O)C2CCCO2)c1F)c1cc(NC(=O)[C@H]2[C@H](C3=CC(Cl)C(F)C=C3)C2(Cl)Cl)ccc1Cl. The lowest BCUT2D eigenvalue weighted by molar-refractivity contribution is -0.124. The van der Waals surface area contributed by atoms with Gasteiger partial charge in [0, 0.05) is 18.2 Å². The van der Waals surface area contributed by atoms with E-state index in [2.05, 4.69) is 16.0 Å². The highest BCUT2D eigenvalue weighted by Crippen LogP contribution is 2.63. The summed E-state index contributed by atoms with van der Waals surface area (Å²) >= 11 is 24.9. The number of allylic oxidation sites excluding steroid dienone is 4. The summed E-state index contributed by atoms with van der Waals surface area (Å²) in [6.45, 7) is 0.365. The lowest BCUT2D eigenvalue weighted by atomic mass is 10.0. The molecule has 1 saturated heterocycles. The maximum atomic E-state index is 15.1. The first-order valence-corrected chi connectivity index (χ1v) is 14.3. The number of amides is 3. The van der Waals surface area contributed by atoms with Crippen molar-refractivity contribution in [3.8, 4) is 0 Å². The summed E-state index contributed by atoms with van der Waals surface area (Å²) in [6.07, 6.45) is 3.06. The van der Waals surface area contributed by atoms with Crippen LogP contribution in [0.25, 0.3) is 0 Å². The zero-order valence-electron chi connectivity index (χ0n) is 21.4. The topological polar surface area (TPSA) is 96.5 Å². The van der Waals surface area contributed by atoms with Crippen molar-refractivity contribution < 1.29 is 32.3 Å². The van der Waals surface area contributed by atoms with Crippen LogP contribution in [0.5, 0.6) is 0 Å². The van der Waals surface area contributed by atoms with Gasteiger partial charge in [0.1, 0.15) is 28.1 Å². The van der Waals surface area contributed by atoms with Gasteiger partial charge in [-0.05, 0) is 54.8 Å². The Balaban J connectivity index is 1.29. The average Bonchev–Trinajstić information content (AvgIpc) is 3.25. The van der Waals surface area contributed by atoms with E-state index in [0.717, 1.165) is 12.1 Å². The highest BCUT2D eigenvalue weighted by atomic mass is 35.5. The minimum absolute atomic E-state index is 0.0281. The number of anilines is 3. The second-order valence-electron chi connectivity index (χ2n) is 9.96. The molecule has 3 unspecified atom stereocenters. The fourth-order valence-corrected chi connectivity index (χ4v) is 6.11. The third kappa shape index (κ3) is 6.14. The number of carbonyl (C=O) groups is 3. The third-order valence-electron chi connectivity index (χ3n) is 7.11. The number of rotatable bonds is 7. The molecule has 42 heavy (non-hydrogen) atoms. The molecular weight excluding hydrogens is 641 g/mol. The van der Waals surface area contributed by atoms with Crippen LogP contribution in [0.4, 0.5) is 30.2 Å². The molecule has 3 amide bonds. The van der Waals surface area contributed by atoms with Crippen LogP contribution < -0.4 is 16.0 Å². The van der Waals surface area contributed by atoms with E-state index in [-0.39, 0.29) is 16.3 Å². The summed E-state index contributed by atoms with van der Waals surface area (Å²) in [5.41, 5.74) is -0.629. The summed E-state index contributed by atoms with van der Waals surface area (Å²) in [4.78, 5) is 38.4. The first-order chi connectivity index (χ1) is 19.9. The molecule has 5 atom stereocenters. The number of alkyl halides is 4. The third-order valence-corrected chi connectivity index (χ3v) is 8.75. The van der Waals surface area contributed by atoms with Crippen LogP contribution in [0.15, 0.2) is 54.1 Å². The Labute approximate surface area is 258 Å². The van der Waals surface area contributed by atoms with Crippen molar-refractivity contribution in [3.63, 3.8) is 0 Å². The fourth-order valence-electron chi connectivity index (χ4n) is 4.85. The van der Waals surface area contributed by atoms with Crippen LogP contribution in [0.2, 0.25) is 5.02 Å². The van der Waals surface area contributed by atoms with Gasteiger partial charge in [0.05, 0.1) is 27.6 Å². The summed E-state index contributed by atoms with van der Waals surface area (Å²) in [5, 5.41) is 6.15. The van der Waals surface area contributed by atoms with Crippen LogP contribution in [0, 0.1) is 23.5 Å². The number of halogens is 7. The Morgan fingerprint density at radius 3 is 2.48 bits per heavy atom. The lowest BCUT2D eigenvalue weighted by Crippen LogP contribution is -2.28. The largest absolute Gasteiger partial charge is 0.368 e. The van der Waals surface area contributed by atoms with Gasteiger partial charge in [0.2, 0.25) is 5.91 Å². The van der Waals surface area contributed by atoms with Crippen LogP contribution in [-0.2, 0) is 14.3 Å². The maximum absolute atomic E-state index is 15.1. The van der Waals surface area contributed by atoms with Gasteiger partial charge in [0.15, 0.2) is 5.82 Å². The monoisotopic (exact) mass is 661 g/mol. The predicted octanol–water partition coefficient (Wildman–Crippen LogP) is 6.79. The van der Waals surface area contributed by atoms with Gasteiger partial charge >= 0.3 is 0 Å². The summed E-state index contributed by atoms with van der Waals surface area (Å²) in [6, 6.07) is 5.89. The van der Waals surface area contributed by atoms with Crippen molar-refractivity contribution >= 4 is 81.2 Å². The van der Waals surface area contributed by atoms with Crippen LogP contribution in [-0.4, -0.2) is 46.3 Å². The maximum Gasteiger partial charge on any atom is 0.257 e. The van der Waals surface area contributed by atoms with Crippen molar-refractivity contribution in [3.05, 3.63) is 76.4 Å². The Morgan fingerprint density at radius 1 is 1.02 bits per heavy atom. The minimum atomic E-state index is -1.47. The Morgan fingerprint density at radius 2 is 1.79 bits per heavy atom. The molecule has 3 N–H and O–H groups in total. The lowest BCUT2D eigenvalue weighted by Gasteiger charge is -2.15. The minimum Gasteiger partial charge on any atom is -0.368 e. The van der Waals surface area contributed by atoms with E-state index < -0.39 is 74.6 Å². The Bertz CT molecular complexity index is 1510. The van der Waals surface area contributed by atoms with Gasteiger partial charge in [-0.15, -0.1) is 34.8 Å². The Hall–Kier alpha value is -2.76. The van der Waals surface area contributed by atoms with E-state index >= 15 is 4.39 Å². The standard InChI is InChI=1S/C28H22Cl4F3N3O4/c29-15-5-4-13(36-27(41)22-21(28(22,31)32)12-3-6-17(33)16(30)10-12)11-14(15)25(39)37-19-8-7-18(34)24(23(19)35)38-26(40)20-2-1-9-42-20/h3-8,10-11,16-17,20-22H,1-2,9H2,(H,36,41)(H,37,39)(H,38,40)/t16?,17?,20?,21-,22+/m0/s1. The normalized spacial score (nSPS) is 25.9. The van der Waals surface area contributed by atoms with E-state index in [0.29, 0.717) is 25.0 Å². The van der Waals surface area contributed by atoms with Gasteiger partial charge in [-0.3, -0.25) is 14.4 Å². The van der Waals surface area contributed by atoms with E-state index in [1.807, 2.05) is 0 Å². The molecule has 2 aliphatic carbocycles. The summed E-state index contributed by atoms with van der Waals surface area (Å²) in [5.74, 6) is -5.95. The Kier molecular flexibility index (Phi) is 8.83. The molecule has 222 valence electrons. The average molecular weight is 663 g/mol. The molecule has 0 spiro atoms. The number of hydrogen-bond donors (Lipinski definition) is 3. The summed E-state index contributed by atoms with van der Waals surface area (Å²) < 4.78 is 47.0. The number of carbonyl (C=O) groups excluding carboxylic acids is 3. The van der Waals surface area contributed by atoms with Gasteiger partial charge < -0.3 is 20.7 Å². The van der Waals surface area contributed by atoms with Crippen molar-refractivity contribution in [1.29, 1.82) is 0 Å². The molecule has 2 fully saturated rings. The number of benzene rings is 2. The highest BCUT2D eigenvalue weighted by Gasteiger charge is 2.68. The molecule has 0 aromatic heterocycles. The summed E-state index contributed by atoms with van der Waals surface area (Å²) in [7, 11) is 0. The molecule has 7 nitrogen and oxygen atoms in total. The molecule has 1 aliphatic heterocycles. The molecule has 3 aliphatic rings. The second kappa shape index (κ2) is 12.1. The molecule has 5 rings (SSSR count). The number of ether oxygens (including phenoxy) is 1. The van der Waals surface area contributed by atoms with Crippen LogP contribution >= 0.6 is 46.4 Å². The number of hydrogen-bond acceptors (Lipinski definition) is 4. The molecule has 0 bridgehead atoms. The van der Waals surface area contributed by atoms with E-state index in [1.54, 1.807) is 0 Å². The van der Waals surface area contributed by atoms with E-state index in [9.17, 15) is 23.2 Å². The molecule has 14 heteroatoms. The molecule has 0 radical (unpaired) electrons. The fraction of sp³-hybridized carbons (Fsp3) is 0.321. The van der Waals surface area contributed by atoms with Gasteiger partial charge in [0.25, 0.3) is 11.8 Å². The van der Waals surface area contributed by atoms with Crippen LogP contribution in [0.1, 0.15) is 23.2 Å². The van der Waals surface area contributed by atoms with Crippen molar-refractivity contribution in [2.75, 3.05) is 22.6 Å². The first kappa shape index (κ1) is 30.7. The smallest absolute Gasteiger partial charge is 0.257 e. The molecular formula is C28H22Cl4F3N3O4. The molecule has 2 aromatic carbocycles. The van der Waals surface area contributed by atoms with E-state index in [4.69, 9.17) is 51.1 Å². The van der Waals surface area contributed by atoms with E-state index in [1.165, 1.54) is 36.4 Å². The zero-order chi connectivity index (χ0) is 30.3. The second-order valence-corrected chi connectivity index (χ2v) is 12.3. The molecule has 1 saturated carbocycles. The van der Waals surface area contributed by atoms with Crippen molar-refractivity contribution in [1.82, 2.24) is 0 Å². The number of nitrogens with one attached hydrogen (secondary N) is 3. The van der Waals surface area contributed by atoms with Crippen molar-refractivity contribution in [2.24, 2.45) is 11.8 Å². The quantitative estimate of drug-likeness (QED) is 0.285. The molecule has 1 heterocycles. The molecule has 2 aromatic rings. The highest BCUT2D eigenvalue weighted by molar-refractivity contribution is 6.53. The zero-order valence-corrected chi connectivity index (χ0v) is 24.4. The van der Waals surface area contributed by atoms with Gasteiger partial charge in [-0.25, -0.2) is 13.2 Å².